The number of methoxy groups -OCH3 is 1. The Kier molecular flexibility index (Phi) is 8.29. The second-order valence-electron chi connectivity index (χ2n) is 7.11. The Hall–Kier alpha value is -3.95. The lowest BCUT2D eigenvalue weighted by atomic mass is 10.1. The summed E-state index contributed by atoms with van der Waals surface area (Å²) in [4.78, 5) is 20.7. The maximum atomic E-state index is 12.9. The third kappa shape index (κ3) is 6.59. The Morgan fingerprint density at radius 3 is 2.47 bits per heavy atom. The minimum atomic E-state index is -4.72. The van der Waals surface area contributed by atoms with Crippen LogP contribution in [0.1, 0.15) is 16.7 Å². The normalized spacial score (nSPS) is 11.4. The number of rotatable bonds is 9. The molecule has 0 atom stereocenters. The molecule has 1 N–H and O–H groups in total. The molecule has 0 amide bonds. The van der Waals surface area contributed by atoms with Gasteiger partial charge in [0.15, 0.2) is 11.5 Å². The highest BCUT2D eigenvalue weighted by Crippen LogP contribution is 2.36. The van der Waals surface area contributed by atoms with Crippen molar-refractivity contribution in [1.82, 2.24) is 0 Å². The maximum absolute atomic E-state index is 12.9. The first-order valence-electron chi connectivity index (χ1n) is 9.88. The topological polar surface area (TPSA) is 129 Å². The van der Waals surface area contributed by atoms with E-state index in [-0.39, 0.29) is 18.0 Å². The molecule has 0 unspecified atom stereocenters. The summed E-state index contributed by atoms with van der Waals surface area (Å²) >= 11 is 1.99. The molecule has 0 spiro atoms. The number of hydrogen-bond donors (Lipinski definition) is 1. The Balaban J connectivity index is 1.77. The van der Waals surface area contributed by atoms with E-state index in [1.807, 2.05) is 22.6 Å². The van der Waals surface area contributed by atoms with Crippen LogP contribution >= 0.6 is 22.6 Å². The highest BCUT2D eigenvalue weighted by atomic mass is 127. The zero-order valence-corrected chi connectivity index (χ0v) is 20.4. The van der Waals surface area contributed by atoms with Crippen LogP contribution in [0.25, 0.3) is 0 Å². The van der Waals surface area contributed by atoms with E-state index in [1.165, 1.54) is 25.5 Å². The summed E-state index contributed by atoms with van der Waals surface area (Å²) in [5, 5.41) is 26.0. The average molecular weight is 616 g/mol. The predicted molar refractivity (Wildman–Crippen MR) is 132 cm³/mol. The fourth-order valence-corrected chi connectivity index (χ4v) is 3.78. The van der Waals surface area contributed by atoms with Gasteiger partial charge in [-0.1, -0.05) is 12.1 Å². The quantitative estimate of drug-likeness (QED) is 0.132. The van der Waals surface area contributed by atoms with Crippen LogP contribution in [0.5, 0.6) is 11.5 Å². The zero-order valence-electron chi connectivity index (χ0n) is 18.3. The van der Waals surface area contributed by atoms with E-state index in [0.29, 0.717) is 38.3 Å². The second kappa shape index (κ2) is 11.2. The van der Waals surface area contributed by atoms with Crippen LogP contribution in [0.15, 0.2) is 59.7 Å². The summed E-state index contributed by atoms with van der Waals surface area (Å²) in [5.74, 6) is 0.711. The monoisotopic (exact) mass is 616 g/mol. The minimum Gasteiger partial charge on any atom is -0.493 e. The van der Waals surface area contributed by atoms with Gasteiger partial charge in [0.1, 0.15) is 12.3 Å². The molecule has 0 saturated heterocycles. The molecule has 0 heterocycles. The number of benzene rings is 3. The lowest BCUT2D eigenvalue weighted by molar-refractivity contribution is -0.385. The zero-order chi connectivity index (χ0) is 26.5. The first-order valence-corrected chi connectivity index (χ1v) is 11.0. The van der Waals surface area contributed by atoms with Gasteiger partial charge in [-0.3, -0.25) is 25.7 Å². The van der Waals surface area contributed by atoms with Gasteiger partial charge in [-0.2, -0.15) is 18.3 Å². The molecule has 0 saturated carbocycles. The van der Waals surface area contributed by atoms with Gasteiger partial charge < -0.3 is 9.47 Å². The van der Waals surface area contributed by atoms with E-state index < -0.39 is 27.3 Å². The number of hydrogen-bond acceptors (Lipinski definition) is 8. The van der Waals surface area contributed by atoms with Crippen LogP contribution in [0, 0.1) is 23.8 Å². The van der Waals surface area contributed by atoms with Crippen molar-refractivity contribution in [2.75, 3.05) is 12.5 Å². The van der Waals surface area contributed by atoms with Crippen molar-refractivity contribution in [3.05, 3.63) is 95.1 Å². The smallest absolute Gasteiger partial charge is 0.416 e. The molecule has 0 aromatic heterocycles. The molecule has 0 radical (unpaired) electrons. The van der Waals surface area contributed by atoms with Gasteiger partial charge in [0.25, 0.3) is 11.4 Å². The Bertz CT molecular complexity index is 1330. The molecule has 3 aromatic rings. The molecule has 0 aliphatic rings. The second-order valence-corrected chi connectivity index (χ2v) is 8.27. The van der Waals surface area contributed by atoms with Crippen LogP contribution in [-0.2, 0) is 12.8 Å². The number of anilines is 1. The Morgan fingerprint density at radius 2 is 1.83 bits per heavy atom. The number of nitro groups is 2. The molecule has 3 aromatic carbocycles. The van der Waals surface area contributed by atoms with Crippen molar-refractivity contribution in [3.8, 4) is 11.5 Å². The standard InChI is InChI=1S/C22H16F3IN4O6/c1-35-20-9-14(8-17(26)21(20)36-12-13-3-2-4-16(7-13)29(31)32)11-27-28-18-6-5-15(22(23,24)25)10-19(18)30(33)34/h2-11,28H,12H2,1H3/b27-11-. The van der Waals surface area contributed by atoms with E-state index in [1.54, 1.807) is 24.3 Å². The van der Waals surface area contributed by atoms with Gasteiger partial charge in [0.05, 0.1) is 32.3 Å². The SMILES string of the molecule is COc1cc(/C=N\Nc2ccc(C(F)(F)F)cc2[N+](=O)[O-])cc(I)c1OCc1cccc([N+](=O)[O-])c1. The number of nitro benzene ring substituents is 2. The van der Waals surface area contributed by atoms with Crippen molar-refractivity contribution in [3.63, 3.8) is 0 Å². The maximum Gasteiger partial charge on any atom is 0.416 e. The number of halogens is 4. The van der Waals surface area contributed by atoms with E-state index in [9.17, 15) is 33.4 Å². The Labute approximate surface area is 215 Å². The van der Waals surface area contributed by atoms with Crippen molar-refractivity contribution >= 4 is 45.9 Å². The Morgan fingerprint density at radius 1 is 1.08 bits per heavy atom. The minimum absolute atomic E-state index is 0.0423. The summed E-state index contributed by atoms with van der Waals surface area (Å²) in [6.07, 6.45) is -3.42. The number of ether oxygens (including phenoxy) is 2. The van der Waals surface area contributed by atoms with E-state index in [0.717, 1.165) is 6.07 Å². The number of alkyl halides is 3. The first kappa shape index (κ1) is 26.7. The highest BCUT2D eigenvalue weighted by Gasteiger charge is 2.33. The van der Waals surface area contributed by atoms with Gasteiger partial charge in [0, 0.05) is 18.2 Å². The fourth-order valence-electron chi connectivity index (χ4n) is 3.00. The van der Waals surface area contributed by atoms with Crippen LogP contribution in [0.4, 0.5) is 30.2 Å². The van der Waals surface area contributed by atoms with Crippen LogP contribution < -0.4 is 14.9 Å². The lowest BCUT2D eigenvalue weighted by Crippen LogP contribution is -2.06. The predicted octanol–water partition coefficient (Wildman–Crippen LogP) is 6.16. The summed E-state index contributed by atoms with van der Waals surface area (Å²) < 4.78 is 50.3. The molecule has 3 rings (SSSR count). The number of hydrazone groups is 1. The van der Waals surface area contributed by atoms with Crippen LogP contribution in [0.3, 0.4) is 0 Å². The lowest BCUT2D eigenvalue weighted by Gasteiger charge is -2.13. The average Bonchev–Trinajstić information content (AvgIpc) is 2.82. The molecule has 0 aliphatic heterocycles. The van der Waals surface area contributed by atoms with Crippen molar-refractivity contribution in [2.24, 2.45) is 5.10 Å². The summed E-state index contributed by atoms with van der Waals surface area (Å²) in [5.41, 5.74) is 1.25. The molecule has 10 nitrogen and oxygen atoms in total. The first-order chi connectivity index (χ1) is 17.0. The highest BCUT2D eigenvalue weighted by molar-refractivity contribution is 14.1. The van der Waals surface area contributed by atoms with Gasteiger partial charge in [0.2, 0.25) is 0 Å². The third-order valence-corrected chi connectivity index (χ3v) is 5.48. The summed E-state index contributed by atoms with van der Waals surface area (Å²) in [6, 6.07) is 11.3. The van der Waals surface area contributed by atoms with Crippen LogP contribution in [0.2, 0.25) is 0 Å². The van der Waals surface area contributed by atoms with Gasteiger partial charge >= 0.3 is 6.18 Å². The summed E-state index contributed by atoms with van der Waals surface area (Å²) in [6.45, 7) is 0.0423. The van der Waals surface area contributed by atoms with Crippen molar-refractivity contribution < 1.29 is 32.5 Å². The molecule has 0 bridgehead atoms. The molecule has 36 heavy (non-hydrogen) atoms. The van der Waals surface area contributed by atoms with Gasteiger partial charge in [-0.05, 0) is 58.0 Å². The van der Waals surface area contributed by atoms with Gasteiger partial charge in [-0.15, -0.1) is 0 Å². The molecular weight excluding hydrogens is 600 g/mol. The van der Waals surface area contributed by atoms with E-state index in [4.69, 9.17) is 9.47 Å². The third-order valence-electron chi connectivity index (χ3n) is 4.68. The van der Waals surface area contributed by atoms with Crippen LogP contribution in [-0.4, -0.2) is 23.2 Å². The molecule has 14 heteroatoms. The van der Waals surface area contributed by atoms with Gasteiger partial charge in [-0.25, -0.2) is 0 Å². The van der Waals surface area contributed by atoms with Crippen molar-refractivity contribution in [1.29, 1.82) is 0 Å². The molecular formula is C22H16F3IN4O6. The summed E-state index contributed by atoms with van der Waals surface area (Å²) in [7, 11) is 1.41. The molecule has 0 fully saturated rings. The molecule has 188 valence electrons. The number of nitrogens with one attached hydrogen (secondary N) is 1. The van der Waals surface area contributed by atoms with Crippen molar-refractivity contribution in [2.45, 2.75) is 12.8 Å². The van der Waals surface area contributed by atoms with E-state index >= 15 is 0 Å². The number of non-ortho nitro benzene ring substituents is 1. The fraction of sp³-hybridized carbons (Fsp3) is 0.136. The molecule has 0 aliphatic carbocycles. The number of nitrogens with zero attached hydrogens (tertiary/aromatic N) is 3. The largest absolute Gasteiger partial charge is 0.493 e. The van der Waals surface area contributed by atoms with E-state index in [2.05, 4.69) is 10.5 Å².